The molecule has 0 aromatic heterocycles. The van der Waals surface area contributed by atoms with Crippen molar-refractivity contribution in [3.63, 3.8) is 0 Å². The van der Waals surface area contributed by atoms with Crippen LogP contribution in [0.5, 0.6) is 0 Å². The van der Waals surface area contributed by atoms with Gasteiger partial charge in [0.25, 0.3) is 0 Å². The Labute approximate surface area is 133 Å². The average Bonchev–Trinajstić information content (AvgIpc) is 2.60. The standard InChI is InChI=1S/C18H15N3O2/c1-19-17(22)18(23)21-20-11-16-14-8-4-2-6-12(14)10-13-7-3-5-9-15(13)16/h2-11H,1H3,(H,19,22)(H,21,23)/b20-11+. The molecule has 0 saturated carbocycles. The molecule has 0 saturated heterocycles. The van der Waals surface area contributed by atoms with Crippen LogP contribution in [-0.2, 0) is 9.59 Å². The Kier molecular flexibility index (Phi) is 4.01. The fourth-order valence-electron chi connectivity index (χ4n) is 2.51. The van der Waals surface area contributed by atoms with Crippen LogP contribution in [0.3, 0.4) is 0 Å². The Balaban J connectivity index is 2.07. The van der Waals surface area contributed by atoms with Gasteiger partial charge in [0.1, 0.15) is 0 Å². The Morgan fingerprint density at radius 2 is 1.48 bits per heavy atom. The highest BCUT2D eigenvalue weighted by Crippen LogP contribution is 2.27. The first-order valence-electron chi connectivity index (χ1n) is 7.16. The number of nitrogens with one attached hydrogen (secondary N) is 2. The molecule has 3 aromatic carbocycles. The number of fused-ring (bicyclic) bond motifs is 2. The van der Waals surface area contributed by atoms with Crippen LogP contribution in [0.1, 0.15) is 5.56 Å². The van der Waals surface area contributed by atoms with Crippen LogP contribution in [0.4, 0.5) is 0 Å². The molecule has 0 bridgehead atoms. The van der Waals surface area contributed by atoms with Crippen molar-refractivity contribution in [2.75, 3.05) is 7.05 Å². The molecule has 0 aliphatic heterocycles. The summed E-state index contributed by atoms with van der Waals surface area (Å²) in [4.78, 5) is 22.6. The van der Waals surface area contributed by atoms with Gasteiger partial charge in [-0.25, -0.2) is 5.43 Å². The number of rotatable bonds is 2. The third-order valence-corrected chi connectivity index (χ3v) is 3.61. The number of hydrogen-bond donors (Lipinski definition) is 2. The largest absolute Gasteiger partial charge is 0.351 e. The molecule has 2 amide bonds. The van der Waals surface area contributed by atoms with Gasteiger partial charge in [-0.05, 0) is 27.6 Å². The van der Waals surface area contributed by atoms with Gasteiger partial charge in [0, 0.05) is 12.6 Å². The number of hydrogen-bond acceptors (Lipinski definition) is 3. The summed E-state index contributed by atoms with van der Waals surface area (Å²) in [5.74, 6) is -1.53. The molecule has 0 unspecified atom stereocenters. The minimum absolute atomic E-state index is 0.732. The quantitative estimate of drug-likeness (QED) is 0.330. The molecule has 0 radical (unpaired) electrons. The van der Waals surface area contributed by atoms with Crippen molar-refractivity contribution in [2.45, 2.75) is 0 Å². The number of nitrogens with zero attached hydrogens (tertiary/aromatic N) is 1. The molecule has 114 valence electrons. The summed E-state index contributed by atoms with van der Waals surface area (Å²) in [5.41, 5.74) is 3.13. The first-order valence-corrected chi connectivity index (χ1v) is 7.16. The van der Waals surface area contributed by atoms with Crippen molar-refractivity contribution < 1.29 is 9.59 Å². The summed E-state index contributed by atoms with van der Waals surface area (Å²) in [5, 5.41) is 10.4. The molecule has 0 aliphatic rings. The van der Waals surface area contributed by atoms with Crippen molar-refractivity contribution in [3.8, 4) is 0 Å². The summed E-state index contributed by atoms with van der Waals surface area (Å²) >= 11 is 0. The topological polar surface area (TPSA) is 70.6 Å². The van der Waals surface area contributed by atoms with E-state index in [4.69, 9.17) is 0 Å². The van der Waals surface area contributed by atoms with Gasteiger partial charge < -0.3 is 5.32 Å². The summed E-state index contributed by atoms with van der Waals surface area (Å²) in [6, 6.07) is 18.1. The van der Waals surface area contributed by atoms with Gasteiger partial charge in [-0.2, -0.15) is 5.10 Å². The number of benzene rings is 3. The van der Waals surface area contributed by atoms with Crippen LogP contribution in [0.15, 0.2) is 59.7 Å². The third-order valence-electron chi connectivity index (χ3n) is 3.61. The van der Waals surface area contributed by atoms with Gasteiger partial charge in [0.05, 0.1) is 6.21 Å². The zero-order valence-corrected chi connectivity index (χ0v) is 12.5. The Morgan fingerprint density at radius 1 is 0.913 bits per heavy atom. The maximum Gasteiger partial charge on any atom is 0.329 e. The van der Waals surface area contributed by atoms with Crippen LogP contribution < -0.4 is 10.7 Å². The Hall–Kier alpha value is -3.21. The number of amides is 2. The van der Waals surface area contributed by atoms with E-state index >= 15 is 0 Å². The molecule has 0 heterocycles. The number of carbonyl (C=O) groups is 2. The lowest BCUT2D eigenvalue weighted by Crippen LogP contribution is -2.35. The molecular formula is C18H15N3O2. The van der Waals surface area contributed by atoms with Gasteiger partial charge in [-0.1, -0.05) is 48.5 Å². The molecule has 0 spiro atoms. The highest BCUT2D eigenvalue weighted by Gasteiger charge is 2.09. The van der Waals surface area contributed by atoms with E-state index in [0.29, 0.717) is 0 Å². The van der Waals surface area contributed by atoms with Crippen LogP contribution in [0.2, 0.25) is 0 Å². The average molecular weight is 305 g/mol. The monoisotopic (exact) mass is 305 g/mol. The van der Waals surface area contributed by atoms with Crippen LogP contribution in [-0.4, -0.2) is 25.1 Å². The second kappa shape index (κ2) is 6.27. The van der Waals surface area contributed by atoms with E-state index in [0.717, 1.165) is 27.1 Å². The summed E-state index contributed by atoms with van der Waals surface area (Å²) in [6.45, 7) is 0. The first kappa shape index (κ1) is 14.7. The second-order valence-corrected chi connectivity index (χ2v) is 5.01. The predicted octanol–water partition coefficient (Wildman–Crippen LogP) is 2.19. The van der Waals surface area contributed by atoms with Gasteiger partial charge in [0.2, 0.25) is 0 Å². The predicted molar refractivity (Wildman–Crippen MR) is 91.3 cm³/mol. The van der Waals surface area contributed by atoms with Gasteiger partial charge in [-0.15, -0.1) is 0 Å². The lowest BCUT2D eigenvalue weighted by Gasteiger charge is -2.07. The number of hydrazone groups is 1. The van der Waals surface area contributed by atoms with E-state index in [2.05, 4.69) is 21.9 Å². The first-order chi connectivity index (χ1) is 11.2. The maximum absolute atomic E-state index is 11.5. The smallest absolute Gasteiger partial charge is 0.329 e. The van der Waals surface area contributed by atoms with Gasteiger partial charge in [0.15, 0.2) is 0 Å². The number of likely N-dealkylation sites (N-methyl/N-ethyl adjacent to an activating group) is 1. The van der Waals surface area contributed by atoms with E-state index in [-0.39, 0.29) is 0 Å². The maximum atomic E-state index is 11.5. The molecule has 2 N–H and O–H groups in total. The Morgan fingerprint density at radius 3 is 2.04 bits per heavy atom. The minimum Gasteiger partial charge on any atom is -0.351 e. The molecule has 23 heavy (non-hydrogen) atoms. The number of carbonyl (C=O) groups excluding carboxylic acids is 2. The SMILES string of the molecule is CNC(=O)C(=O)N/N=C/c1c2ccccc2cc2ccccc12. The fraction of sp³-hybridized carbons (Fsp3) is 0.0556. The normalized spacial score (nSPS) is 11.0. The highest BCUT2D eigenvalue weighted by molar-refractivity contribution is 6.35. The molecule has 0 fully saturated rings. The fourth-order valence-corrected chi connectivity index (χ4v) is 2.51. The van der Waals surface area contributed by atoms with Crippen LogP contribution in [0.25, 0.3) is 21.5 Å². The van der Waals surface area contributed by atoms with Crippen molar-refractivity contribution >= 4 is 39.6 Å². The van der Waals surface area contributed by atoms with Crippen molar-refractivity contribution in [1.82, 2.24) is 10.7 Å². The molecule has 0 atom stereocenters. The summed E-state index contributed by atoms with van der Waals surface area (Å²) < 4.78 is 0. The second-order valence-electron chi connectivity index (χ2n) is 5.01. The lowest BCUT2D eigenvalue weighted by atomic mass is 9.97. The van der Waals surface area contributed by atoms with Gasteiger partial charge >= 0.3 is 11.8 Å². The van der Waals surface area contributed by atoms with E-state index in [1.165, 1.54) is 7.05 Å². The molecule has 5 nitrogen and oxygen atoms in total. The van der Waals surface area contributed by atoms with Crippen LogP contribution >= 0.6 is 0 Å². The van der Waals surface area contributed by atoms with Crippen LogP contribution in [0, 0.1) is 0 Å². The molecule has 3 aromatic rings. The van der Waals surface area contributed by atoms with E-state index in [1.54, 1.807) is 6.21 Å². The van der Waals surface area contributed by atoms with E-state index in [1.807, 2.05) is 48.5 Å². The molecule has 5 heteroatoms. The van der Waals surface area contributed by atoms with E-state index in [9.17, 15) is 9.59 Å². The summed E-state index contributed by atoms with van der Waals surface area (Å²) in [7, 11) is 1.39. The Bertz CT molecular complexity index is 878. The van der Waals surface area contributed by atoms with Crippen molar-refractivity contribution in [2.24, 2.45) is 5.10 Å². The summed E-state index contributed by atoms with van der Waals surface area (Å²) in [6.07, 6.45) is 1.57. The lowest BCUT2D eigenvalue weighted by molar-refractivity contribution is -0.138. The van der Waals surface area contributed by atoms with Crippen molar-refractivity contribution in [1.29, 1.82) is 0 Å². The zero-order valence-electron chi connectivity index (χ0n) is 12.5. The zero-order chi connectivity index (χ0) is 16.2. The van der Waals surface area contributed by atoms with E-state index < -0.39 is 11.8 Å². The molecular weight excluding hydrogens is 290 g/mol. The molecule has 3 rings (SSSR count). The highest BCUT2D eigenvalue weighted by atomic mass is 16.2. The molecule has 0 aliphatic carbocycles. The van der Waals surface area contributed by atoms with Crippen molar-refractivity contribution in [3.05, 3.63) is 60.2 Å². The minimum atomic E-state index is -0.798. The third kappa shape index (κ3) is 2.89. The van der Waals surface area contributed by atoms with Gasteiger partial charge in [-0.3, -0.25) is 9.59 Å².